The van der Waals surface area contributed by atoms with Gasteiger partial charge < -0.3 is 9.80 Å². The van der Waals surface area contributed by atoms with E-state index in [9.17, 15) is 0 Å². The van der Waals surface area contributed by atoms with Crippen molar-refractivity contribution in [2.24, 2.45) is 23.7 Å². The maximum absolute atomic E-state index is 2.69. The van der Waals surface area contributed by atoms with Crippen molar-refractivity contribution in [1.29, 1.82) is 0 Å². The van der Waals surface area contributed by atoms with E-state index in [0.29, 0.717) is 0 Å². The molecule has 0 amide bonds. The summed E-state index contributed by atoms with van der Waals surface area (Å²) in [5.74, 6) is 3.36. The number of fused-ring (bicyclic) bond motifs is 6. The molecule has 218 valence electrons. The summed E-state index contributed by atoms with van der Waals surface area (Å²) >= 11 is 0. The minimum absolute atomic E-state index is 0.125. The lowest BCUT2D eigenvalue weighted by atomic mass is 9.32. The Labute approximate surface area is 266 Å². The molecule has 1 spiro atoms. The van der Waals surface area contributed by atoms with E-state index in [1.54, 1.807) is 11.1 Å². The van der Waals surface area contributed by atoms with Crippen LogP contribution < -0.4 is 26.2 Å². The molecule has 3 heteroatoms. The van der Waals surface area contributed by atoms with Gasteiger partial charge in [-0.2, -0.15) is 0 Å². The Hall–Kier alpha value is -4.24. The van der Waals surface area contributed by atoms with Gasteiger partial charge in [-0.3, -0.25) is 0 Å². The first-order chi connectivity index (χ1) is 22.1. The molecule has 4 bridgehead atoms. The first kappa shape index (κ1) is 25.0. The largest absolute Gasteiger partial charge is 0.311 e. The topological polar surface area (TPSA) is 6.48 Å². The predicted molar refractivity (Wildman–Crippen MR) is 188 cm³/mol. The second-order valence-corrected chi connectivity index (χ2v) is 15.1. The van der Waals surface area contributed by atoms with Gasteiger partial charge in [0.05, 0.1) is 5.69 Å². The SMILES string of the molecule is Cc1ccc(N2c3cc(C)ccc3B3c4cccc5c4N(c4ccccc4C54C5CC6CC(C5)CC4C6)c4cccc2c43)cc1. The van der Waals surface area contributed by atoms with Crippen molar-refractivity contribution in [2.75, 3.05) is 9.80 Å². The van der Waals surface area contributed by atoms with Crippen LogP contribution in [-0.2, 0) is 5.41 Å². The number of hydrogen-bond donors (Lipinski definition) is 0. The lowest BCUT2D eigenvalue weighted by molar-refractivity contribution is -0.0419. The molecule has 0 atom stereocenters. The Balaban J connectivity index is 1.23. The minimum atomic E-state index is 0.125. The summed E-state index contributed by atoms with van der Waals surface area (Å²) in [7, 11) is 0. The molecule has 5 aromatic rings. The van der Waals surface area contributed by atoms with Gasteiger partial charge in [0, 0.05) is 33.9 Å². The van der Waals surface area contributed by atoms with E-state index in [0.717, 1.165) is 23.7 Å². The van der Waals surface area contributed by atoms with Crippen LogP contribution >= 0.6 is 0 Å². The van der Waals surface area contributed by atoms with Crippen molar-refractivity contribution in [1.82, 2.24) is 0 Å². The molecule has 7 aliphatic rings. The molecule has 0 aromatic heterocycles. The predicted octanol–water partition coefficient (Wildman–Crippen LogP) is 8.44. The van der Waals surface area contributed by atoms with Gasteiger partial charge in [0.2, 0.25) is 0 Å². The summed E-state index contributed by atoms with van der Waals surface area (Å²) in [6, 6.07) is 40.4. The maximum atomic E-state index is 2.69. The highest BCUT2D eigenvalue weighted by Crippen LogP contribution is 2.69. The van der Waals surface area contributed by atoms with Crippen LogP contribution in [0.25, 0.3) is 0 Å². The van der Waals surface area contributed by atoms with Crippen LogP contribution in [0.4, 0.5) is 34.1 Å². The summed E-state index contributed by atoms with van der Waals surface area (Å²) in [6.07, 6.45) is 7.10. The molecule has 4 aliphatic carbocycles. The van der Waals surface area contributed by atoms with Crippen molar-refractivity contribution in [3.8, 4) is 0 Å². The maximum Gasteiger partial charge on any atom is 0.252 e. The van der Waals surface area contributed by atoms with Crippen molar-refractivity contribution in [3.05, 3.63) is 125 Å². The van der Waals surface area contributed by atoms with Crippen LogP contribution in [0.2, 0.25) is 0 Å². The summed E-state index contributed by atoms with van der Waals surface area (Å²) in [5, 5.41) is 0. The van der Waals surface area contributed by atoms with Gasteiger partial charge in [-0.1, -0.05) is 72.3 Å². The van der Waals surface area contributed by atoms with Gasteiger partial charge in [-0.25, -0.2) is 0 Å². The number of rotatable bonds is 1. The molecule has 0 radical (unpaired) electrons. The fourth-order valence-electron chi connectivity index (χ4n) is 11.6. The first-order valence-electron chi connectivity index (χ1n) is 17.2. The zero-order valence-corrected chi connectivity index (χ0v) is 26.1. The minimum Gasteiger partial charge on any atom is -0.311 e. The molecule has 12 rings (SSSR count). The lowest BCUT2D eigenvalue weighted by Gasteiger charge is -2.64. The molecule has 0 saturated heterocycles. The van der Waals surface area contributed by atoms with Crippen LogP contribution in [0.1, 0.15) is 54.4 Å². The zero-order chi connectivity index (χ0) is 29.6. The third kappa shape index (κ3) is 2.99. The normalized spacial score (nSPS) is 27.3. The highest BCUT2D eigenvalue weighted by Gasteiger charge is 2.62. The molecule has 2 nitrogen and oxygen atoms in total. The van der Waals surface area contributed by atoms with E-state index in [2.05, 4.69) is 127 Å². The number of aryl methyl sites for hydroxylation is 2. The standard InChI is InChI=1S/C42H37BN2/c1-25-13-16-31(17-14-25)44-37-11-6-12-38-40(37)43(34-18-15-26(2)19-39(34)44)35-9-5-8-33-41(35)45(38)36-10-4-3-7-32(36)42(33)29-21-27-20-28(23-29)24-30(42)22-27/h3-19,27-30H,20-24H2,1-2H3. The fraction of sp³-hybridized carbons (Fsp3) is 0.286. The average Bonchev–Trinajstić information content (AvgIpc) is 3.05. The molecular formula is C42H37BN2. The summed E-state index contributed by atoms with van der Waals surface area (Å²) in [4.78, 5) is 5.22. The van der Waals surface area contributed by atoms with Crippen LogP contribution in [0.15, 0.2) is 103 Å². The third-order valence-corrected chi connectivity index (χ3v) is 12.9. The zero-order valence-electron chi connectivity index (χ0n) is 26.1. The number of benzene rings is 5. The smallest absolute Gasteiger partial charge is 0.252 e. The summed E-state index contributed by atoms with van der Waals surface area (Å²) in [5.41, 5.74) is 18.4. The van der Waals surface area contributed by atoms with Crippen molar-refractivity contribution < 1.29 is 0 Å². The Kier molecular flexibility index (Phi) is 4.73. The Morgan fingerprint density at radius 3 is 1.98 bits per heavy atom. The molecule has 4 fully saturated rings. The van der Waals surface area contributed by atoms with Gasteiger partial charge in [0.1, 0.15) is 0 Å². The average molecular weight is 581 g/mol. The van der Waals surface area contributed by atoms with Crippen LogP contribution in [-0.4, -0.2) is 6.71 Å². The summed E-state index contributed by atoms with van der Waals surface area (Å²) in [6.45, 7) is 4.62. The Morgan fingerprint density at radius 1 is 0.556 bits per heavy atom. The lowest BCUT2D eigenvalue weighted by Crippen LogP contribution is -2.64. The van der Waals surface area contributed by atoms with E-state index in [1.165, 1.54) is 93.7 Å². The van der Waals surface area contributed by atoms with Gasteiger partial charge >= 0.3 is 0 Å². The van der Waals surface area contributed by atoms with Gasteiger partial charge in [0.25, 0.3) is 6.71 Å². The van der Waals surface area contributed by atoms with Crippen LogP contribution in [0.3, 0.4) is 0 Å². The molecule has 0 N–H and O–H groups in total. The molecule has 3 heterocycles. The Morgan fingerprint density at radius 2 is 1.20 bits per heavy atom. The van der Waals surface area contributed by atoms with E-state index in [4.69, 9.17) is 0 Å². The molecule has 0 unspecified atom stereocenters. The van der Waals surface area contributed by atoms with E-state index < -0.39 is 0 Å². The molecule has 4 saturated carbocycles. The van der Waals surface area contributed by atoms with Crippen LogP contribution in [0, 0.1) is 37.5 Å². The molecule has 5 aromatic carbocycles. The van der Waals surface area contributed by atoms with Gasteiger partial charge in [-0.05, 0) is 139 Å². The monoisotopic (exact) mass is 580 g/mol. The highest BCUT2D eigenvalue weighted by molar-refractivity contribution is 7.00. The van der Waals surface area contributed by atoms with Gasteiger partial charge in [-0.15, -0.1) is 0 Å². The van der Waals surface area contributed by atoms with Crippen molar-refractivity contribution in [3.63, 3.8) is 0 Å². The number of nitrogens with zero attached hydrogens (tertiary/aromatic N) is 2. The highest BCUT2D eigenvalue weighted by atomic mass is 15.2. The third-order valence-electron chi connectivity index (χ3n) is 12.9. The fourth-order valence-corrected chi connectivity index (χ4v) is 11.6. The molecular weight excluding hydrogens is 543 g/mol. The van der Waals surface area contributed by atoms with E-state index in [1.807, 2.05) is 0 Å². The van der Waals surface area contributed by atoms with Crippen molar-refractivity contribution in [2.45, 2.75) is 51.4 Å². The number of hydrogen-bond acceptors (Lipinski definition) is 2. The molecule has 3 aliphatic heterocycles. The summed E-state index contributed by atoms with van der Waals surface area (Å²) < 4.78 is 0. The van der Waals surface area contributed by atoms with E-state index in [-0.39, 0.29) is 12.1 Å². The number of para-hydroxylation sites is 2. The first-order valence-corrected chi connectivity index (χ1v) is 17.2. The van der Waals surface area contributed by atoms with Crippen LogP contribution in [0.5, 0.6) is 0 Å². The van der Waals surface area contributed by atoms with Gasteiger partial charge in [0.15, 0.2) is 0 Å². The van der Waals surface area contributed by atoms with E-state index >= 15 is 0 Å². The number of anilines is 6. The second-order valence-electron chi connectivity index (χ2n) is 15.1. The van der Waals surface area contributed by atoms with Crippen molar-refractivity contribution >= 4 is 57.2 Å². The molecule has 45 heavy (non-hydrogen) atoms. The quantitative estimate of drug-likeness (QED) is 0.180. The Bertz CT molecular complexity index is 2050. The second kappa shape index (κ2) is 8.52.